The first-order valence-electron chi connectivity index (χ1n) is 7.06. The SMILES string of the molecule is C=C(C)C(CC(C)(C)C)(C(C)C)C(C)(C)CC. The summed E-state index contributed by atoms with van der Waals surface area (Å²) in [7, 11) is 0. The van der Waals surface area contributed by atoms with Crippen molar-refractivity contribution in [3.05, 3.63) is 12.2 Å². The quantitative estimate of drug-likeness (QED) is 0.509. The van der Waals surface area contributed by atoms with Crippen LogP contribution in [0.2, 0.25) is 0 Å². The van der Waals surface area contributed by atoms with Gasteiger partial charge in [0, 0.05) is 0 Å². The van der Waals surface area contributed by atoms with Crippen LogP contribution >= 0.6 is 0 Å². The summed E-state index contributed by atoms with van der Waals surface area (Å²) in [5.74, 6) is 0.633. The lowest BCUT2D eigenvalue weighted by Gasteiger charge is -2.53. The lowest BCUT2D eigenvalue weighted by Crippen LogP contribution is -2.45. The molecule has 0 aromatic rings. The van der Waals surface area contributed by atoms with Crippen molar-refractivity contribution in [2.24, 2.45) is 22.2 Å². The zero-order valence-electron chi connectivity index (χ0n) is 13.7. The Labute approximate surface area is 110 Å². The highest BCUT2D eigenvalue weighted by molar-refractivity contribution is 5.16. The van der Waals surface area contributed by atoms with E-state index in [2.05, 4.69) is 68.9 Å². The van der Waals surface area contributed by atoms with Gasteiger partial charge in [-0.3, -0.25) is 0 Å². The van der Waals surface area contributed by atoms with Crippen LogP contribution in [0.25, 0.3) is 0 Å². The second-order valence-corrected chi connectivity index (χ2v) is 7.88. The van der Waals surface area contributed by atoms with Gasteiger partial charge in [0.2, 0.25) is 0 Å². The van der Waals surface area contributed by atoms with Gasteiger partial charge in [-0.25, -0.2) is 0 Å². The topological polar surface area (TPSA) is 0 Å². The fourth-order valence-electron chi connectivity index (χ4n) is 3.60. The monoisotopic (exact) mass is 238 g/mol. The van der Waals surface area contributed by atoms with E-state index < -0.39 is 0 Å². The first-order chi connectivity index (χ1) is 7.40. The molecular weight excluding hydrogens is 204 g/mol. The molecule has 0 aromatic carbocycles. The van der Waals surface area contributed by atoms with Gasteiger partial charge >= 0.3 is 0 Å². The van der Waals surface area contributed by atoms with Crippen molar-refractivity contribution >= 4 is 0 Å². The number of hydrogen-bond acceptors (Lipinski definition) is 0. The minimum absolute atomic E-state index is 0.236. The fraction of sp³-hybridized carbons (Fsp3) is 0.882. The van der Waals surface area contributed by atoms with Crippen LogP contribution in [0.3, 0.4) is 0 Å². The van der Waals surface area contributed by atoms with E-state index in [0.717, 1.165) is 0 Å². The Morgan fingerprint density at radius 2 is 1.47 bits per heavy atom. The molecule has 0 rings (SSSR count). The number of allylic oxidation sites excluding steroid dienone is 1. The van der Waals surface area contributed by atoms with Crippen molar-refractivity contribution in [3.63, 3.8) is 0 Å². The molecule has 0 saturated carbocycles. The van der Waals surface area contributed by atoms with E-state index in [9.17, 15) is 0 Å². The van der Waals surface area contributed by atoms with Crippen LogP contribution < -0.4 is 0 Å². The Morgan fingerprint density at radius 1 is 1.06 bits per heavy atom. The van der Waals surface area contributed by atoms with Crippen molar-refractivity contribution < 1.29 is 0 Å². The molecule has 0 radical (unpaired) electrons. The van der Waals surface area contributed by atoms with Gasteiger partial charge in [-0.1, -0.05) is 74.0 Å². The normalized spacial score (nSPS) is 17.1. The standard InChI is InChI=1S/C17H34/c1-11-16(9,10)17(13(2)3,14(4)5)12-15(6,7)8/h14H,2,11-12H2,1,3-10H3. The molecule has 0 aromatic heterocycles. The second-order valence-electron chi connectivity index (χ2n) is 7.88. The lowest BCUT2D eigenvalue weighted by atomic mass is 9.51. The molecule has 0 spiro atoms. The summed E-state index contributed by atoms with van der Waals surface area (Å²) in [6.07, 6.45) is 2.42. The van der Waals surface area contributed by atoms with Crippen molar-refractivity contribution in [1.82, 2.24) is 0 Å². The molecule has 0 aliphatic heterocycles. The van der Waals surface area contributed by atoms with Crippen molar-refractivity contribution in [2.75, 3.05) is 0 Å². The van der Waals surface area contributed by atoms with Gasteiger partial charge < -0.3 is 0 Å². The van der Waals surface area contributed by atoms with Gasteiger partial charge in [-0.2, -0.15) is 0 Å². The molecule has 1 atom stereocenters. The molecule has 0 aliphatic carbocycles. The Hall–Kier alpha value is -0.260. The molecule has 0 aliphatic rings. The molecule has 0 saturated heterocycles. The molecule has 0 bridgehead atoms. The van der Waals surface area contributed by atoms with Crippen LogP contribution in [0.15, 0.2) is 12.2 Å². The summed E-state index contributed by atoms with van der Waals surface area (Å²) in [6.45, 7) is 25.5. The summed E-state index contributed by atoms with van der Waals surface area (Å²) in [5.41, 5.74) is 2.24. The van der Waals surface area contributed by atoms with E-state index in [-0.39, 0.29) is 5.41 Å². The van der Waals surface area contributed by atoms with Gasteiger partial charge in [0.1, 0.15) is 0 Å². The van der Waals surface area contributed by atoms with E-state index >= 15 is 0 Å². The maximum atomic E-state index is 4.35. The first-order valence-corrected chi connectivity index (χ1v) is 7.06. The minimum atomic E-state index is 0.236. The molecule has 0 heterocycles. The summed E-state index contributed by atoms with van der Waals surface area (Å²) in [5, 5.41) is 0. The van der Waals surface area contributed by atoms with E-state index in [4.69, 9.17) is 0 Å². The first kappa shape index (κ1) is 16.7. The highest BCUT2D eigenvalue weighted by atomic mass is 14.5. The molecule has 0 heteroatoms. The predicted molar refractivity (Wildman–Crippen MR) is 80.2 cm³/mol. The van der Waals surface area contributed by atoms with Gasteiger partial charge in [-0.05, 0) is 35.5 Å². The van der Waals surface area contributed by atoms with E-state index in [1.54, 1.807) is 0 Å². The van der Waals surface area contributed by atoms with Crippen LogP contribution in [-0.2, 0) is 0 Å². The molecule has 0 fully saturated rings. The van der Waals surface area contributed by atoms with Crippen LogP contribution in [0.1, 0.15) is 75.2 Å². The fourth-order valence-corrected chi connectivity index (χ4v) is 3.60. The van der Waals surface area contributed by atoms with Gasteiger partial charge in [-0.15, -0.1) is 0 Å². The Morgan fingerprint density at radius 3 is 1.65 bits per heavy atom. The summed E-state index contributed by atoms with van der Waals surface area (Å²) < 4.78 is 0. The van der Waals surface area contributed by atoms with Crippen molar-refractivity contribution in [2.45, 2.75) is 75.2 Å². The van der Waals surface area contributed by atoms with Crippen LogP contribution in [0.5, 0.6) is 0 Å². The molecule has 17 heavy (non-hydrogen) atoms. The molecular formula is C17H34. The number of rotatable bonds is 5. The van der Waals surface area contributed by atoms with E-state index in [1.165, 1.54) is 18.4 Å². The third-order valence-electron chi connectivity index (χ3n) is 4.65. The Bertz CT molecular complexity index is 262. The largest absolute Gasteiger partial charge is 0.0995 e. The zero-order chi connectivity index (χ0) is 14.1. The maximum Gasteiger partial charge on any atom is -0.00146 e. The third-order valence-corrected chi connectivity index (χ3v) is 4.65. The van der Waals surface area contributed by atoms with Crippen LogP contribution in [0, 0.1) is 22.2 Å². The molecule has 102 valence electrons. The number of hydrogen-bond donors (Lipinski definition) is 0. The zero-order valence-corrected chi connectivity index (χ0v) is 13.7. The third kappa shape index (κ3) is 3.36. The Kier molecular flexibility index (Phi) is 5.08. The lowest BCUT2D eigenvalue weighted by molar-refractivity contribution is 0.0102. The predicted octanol–water partition coefficient (Wildman–Crippen LogP) is 6.08. The highest BCUT2D eigenvalue weighted by Crippen LogP contribution is 2.57. The van der Waals surface area contributed by atoms with E-state index in [0.29, 0.717) is 16.7 Å². The Balaban J connectivity index is 5.70. The minimum Gasteiger partial charge on any atom is -0.0995 e. The van der Waals surface area contributed by atoms with Gasteiger partial charge in [0.05, 0.1) is 0 Å². The summed E-state index contributed by atoms with van der Waals surface area (Å²) in [6, 6.07) is 0. The van der Waals surface area contributed by atoms with E-state index in [1.807, 2.05) is 0 Å². The summed E-state index contributed by atoms with van der Waals surface area (Å²) >= 11 is 0. The molecule has 1 unspecified atom stereocenters. The maximum absolute atomic E-state index is 4.35. The van der Waals surface area contributed by atoms with Gasteiger partial charge in [0.25, 0.3) is 0 Å². The molecule has 0 amide bonds. The smallest absolute Gasteiger partial charge is 0.00146 e. The summed E-state index contributed by atoms with van der Waals surface area (Å²) in [4.78, 5) is 0. The average Bonchev–Trinajstić information content (AvgIpc) is 2.11. The van der Waals surface area contributed by atoms with Crippen molar-refractivity contribution in [3.8, 4) is 0 Å². The molecule has 0 nitrogen and oxygen atoms in total. The second kappa shape index (κ2) is 5.16. The van der Waals surface area contributed by atoms with Gasteiger partial charge in [0.15, 0.2) is 0 Å². The molecule has 0 N–H and O–H groups in total. The van der Waals surface area contributed by atoms with Crippen molar-refractivity contribution in [1.29, 1.82) is 0 Å². The van der Waals surface area contributed by atoms with Crippen LogP contribution in [-0.4, -0.2) is 0 Å². The van der Waals surface area contributed by atoms with Crippen LogP contribution in [0.4, 0.5) is 0 Å². The highest BCUT2D eigenvalue weighted by Gasteiger charge is 2.48. The average molecular weight is 238 g/mol.